The van der Waals surface area contributed by atoms with Gasteiger partial charge in [-0.25, -0.2) is 9.97 Å². The minimum Gasteiger partial charge on any atom is -0.290 e. The summed E-state index contributed by atoms with van der Waals surface area (Å²) in [6.07, 6.45) is 0. The van der Waals surface area contributed by atoms with E-state index in [-0.39, 0.29) is 11.9 Å². The van der Waals surface area contributed by atoms with Gasteiger partial charge in [0, 0.05) is 11.3 Å². The molecule has 0 saturated heterocycles. The van der Waals surface area contributed by atoms with Gasteiger partial charge in [-0.3, -0.25) is 10.1 Å². The lowest BCUT2D eigenvalue weighted by atomic mass is 9.99. The molecule has 0 fully saturated rings. The molecule has 0 aliphatic heterocycles. The van der Waals surface area contributed by atoms with Crippen molar-refractivity contribution in [3.05, 3.63) is 51.3 Å². The Morgan fingerprint density at radius 2 is 1.65 bits per heavy atom. The third kappa shape index (κ3) is 3.14. The van der Waals surface area contributed by atoms with Gasteiger partial charge < -0.3 is 0 Å². The molecule has 1 aromatic heterocycles. The number of nitrogens with zero attached hydrogens (tertiary/aromatic N) is 2. The highest BCUT2D eigenvalue weighted by molar-refractivity contribution is 6.29. The minimum absolute atomic E-state index is 0.221. The largest absolute Gasteiger partial charge is 0.290 e. The van der Waals surface area contributed by atoms with Crippen LogP contribution >= 0.6 is 11.6 Å². The van der Waals surface area contributed by atoms with Gasteiger partial charge in [-0.05, 0) is 44.9 Å². The van der Waals surface area contributed by atoms with Crippen molar-refractivity contribution in [3.63, 3.8) is 0 Å². The lowest BCUT2D eigenvalue weighted by Gasteiger charge is -2.11. The van der Waals surface area contributed by atoms with Gasteiger partial charge in [-0.1, -0.05) is 29.3 Å². The smallest absolute Gasteiger partial charge is 0.258 e. The number of rotatable bonds is 2. The Labute approximate surface area is 123 Å². The van der Waals surface area contributed by atoms with Crippen molar-refractivity contribution in [2.45, 2.75) is 27.7 Å². The van der Waals surface area contributed by atoms with Crippen LogP contribution in [0.25, 0.3) is 0 Å². The van der Waals surface area contributed by atoms with E-state index in [0.717, 1.165) is 16.7 Å². The highest BCUT2D eigenvalue weighted by atomic mass is 35.5. The van der Waals surface area contributed by atoms with E-state index in [0.29, 0.717) is 16.4 Å². The summed E-state index contributed by atoms with van der Waals surface area (Å²) in [5, 5.41) is 3.01. The molecule has 1 heterocycles. The zero-order valence-corrected chi connectivity index (χ0v) is 12.7. The number of hydrogen-bond donors (Lipinski definition) is 1. The van der Waals surface area contributed by atoms with Gasteiger partial charge >= 0.3 is 0 Å². The Hall–Kier alpha value is -1.94. The van der Waals surface area contributed by atoms with E-state index in [4.69, 9.17) is 11.6 Å². The number of nitrogens with one attached hydrogen (secondary N) is 1. The summed E-state index contributed by atoms with van der Waals surface area (Å²) in [5.74, 6) is 0.000965. The first-order valence-electron chi connectivity index (χ1n) is 6.27. The Morgan fingerprint density at radius 3 is 2.20 bits per heavy atom. The zero-order chi connectivity index (χ0) is 14.9. The second kappa shape index (κ2) is 5.59. The molecule has 104 valence electrons. The van der Waals surface area contributed by atoms with Gasteiger partial charge in [0.2, 0.25) is 5.95 Å². The van der Waals surface area contributed by atoms with Crippen molar-refractivity contribution in [2.24, 2.45) is 0 Å². The monoisotopic (exact) mass is 289 g/mol. The summed E-state index contributed by atoms with van der Waals surface area (Å²) in [5.41, 5.74) is 4.35. The number of carbonyl (C=O) groups excluding carboxylic acids is 1. The number of amides is 1. The van der Waals surface area contributed by atoms with Crippen LogP contribution in [0.1, 0.15) is 32.7 Å². The van der Waals surface area contributed by atoms with Gasteiger partial charge in [0.1, 0.15) is 5.15 Å². The molecule has 1 N–H and O–H groups in total. The number of anilines is 1. The van der Waals surface area contributed by atoms with Crippen molar-refractivity contribution in [1.82, 2.24) is 9.97 Å². The van der Waals surface area contributed by atoms with Crippen molar-refractivity contribution >= 4 is 23.5 Å². The van der Waals surface area contributed by atoms with Crippen LogP contribution in [-0.4, -0.2) is 15.9 Å². The maximum absolute atomic E-state index is 12.4. The molecule has 5 heteroatoms. The molecule has 4 nitrogen and oxygen atoms in total. The zero-order valence-electron chi connectivity index (χ0n) is 11.9. The number of halogens is 1. The molecular weight excluding hydrogens is 274 g/mol. The highest BCUT2D eigenvalue weighted by Gasteiger charge is 2.14. The summed E-state index contributed by atoms with van der Waals surface area (Å²) in [7, 11) is 0. The average molecular weight is 290 g/mol. The molecule has 2 aromatic rings. The maximum atomic E-state index is 12.4. The van der Waals surface area contributed by atoms with Crippen molar-refractivity contribution < 1.29 is 4.79 Å². The SMILES string of the molecule is Cc1cc(C)c(C(=O)Nc2nc(C)cc(Cl)n2)c(C)c1. The molecule has 2 rings (SSSR count). The van der Waals surface area contributed by atoms with E-state index in [1.807, 2.05) is 32.9 Å². The lowest BCUT2D eigenvalue weighted by molar-refractivity contribution is 0.102. The first kappa shape index (κ1) is 14.5. The van der Waals surface area contributed by atoms with Crippen LogP contribution in [0, 0.1) is 27.7 Å². The van der Waals surface area contributed by atoms with E-state index in [1.165, 1.54) is 0 Å². The summed E-state index contributed by atoms with van der Waals surface area (Å²) in [4.78, 5) is 20.5. The summed E-state index contributed by atoms with van der Waals surface area (Å²) in [6.45, 7) is 7.63. The standard InChI is InChI=1S/C15H16ClN3O/c1-8-5-9(2)13(10(3)6-8)14(20)19-15-17-11(4)7-12(16)18-15/h5-7H,1-4H3,(H,17,18,19,20). The summed E-state index contributed by atoms with van der Waals surface area (Å²) in [6, 6.07) is 5.59. The Bertz CT molecular complexity index is 640. The van der Waals surface area contributed by atoms with E-state index in [9.17, 15) is 4.79 Å². The van der Waals surface area contributed by atoms with Crippen LogP contribution in [0.3, 0.4) is 0 Å². The van der Waals surface area contributed by atoms with E-state index in [2.05, 4.69) is 15.3 Å². The van der Waals surface area contributed by atoms with Crippen molar-refractivity contribution in [1.29, 1.82) is 0 Å². The van der Waals surface area contributed by atoms with Crippen LogP contribution in [0.5, 0.6) is 0 Å². The fourth-order valence-electron chi connectivity index (χ4n) is 2.29. The second-order valence-electron chi connectivity index (χ2n) is 4.88. The van der Waals surface area contributed by atoms with Crippen LogP contribution < -0.4 is 5.32 Å². The molecule has 0 bridgehead atoms. The molecule has 0 saturated carbocycles. The maximum Gasteiger partial charge on any atom is 0.258 e. The van der Waals surface area contributed by atoms with Crippen molar-refractivity contribution in [2.75, 3.05) is 5.32 Å². The second-order valence-corrected chi connectivity index (χ2v) is 5.27. The number of aromatic nitrogens is 2. The molecular formula is C15H16ClN3O. The topological polar surface area (TPSA) is 54.9 Å². The van der Waals surface area contributed by atoms with Gasteiger partial charge in [-0.15, -0.1) is 0 Å². The lowest BCUT2D eigenvalue weighted by Crippen LogP contribution is -2.17. The quantitative estimate of drug-likeness (QED) is 0.859. The van der Waals surface area contributed by atoms with Crippen LogP contribution in [-0.2, 0) is 0 Å². The molecule has 0 aliphatic rings. The first-order valence-corrected chi connectivity index (χ1v) is 6.65. The van der Waals surface area contributed by atoms with E-state index >= 15 is 0 Å². The van der Waals surface area contributed by atoms with Gasteiger partial charge in [0.05, 0.1) is 0 Å². The number of aryl methyl sites for hydroxylation is 4. The predicted molar refractivity (Wildman–Crippen MR) is 80.4 cm³/mol. The van der Waals surface area contributed by atoms with E-state index < -0.39 is 0 Å². The van der Waals surface area contributed by atoms with Crippen molar-refractivity contribution in [3.8, 4) is 0 Å². The molecule has 20 heavy (non-hydrogen) atoms. The van der Waals surface area contributed by atoms with Crippen LogP contribution in [0.15, 0.2) is 18.2 Å². The normalized spacial score (nSPS) is 10.4. The third-order valence-corrected chi connectivity index (χ3v) is 3.15. The highest BCUT2D eigenvalue weighted by Crippen LogP contribution is 2.18. The number of benzene rings is 1. The number of hydrogen-bond acceptors (Lipinski definition) is 3. The average Bonchev–Trinajstić information content (AvgIpc) is 2.25. The molecule has 0 atom stereocenters. The summed E-state index contributed by atoms with van der Waals surface area (Å²) < 4.78 is 0. The molecule has 1 amide bonds. The fraction of sp³-hybridized carbons (Fsp3) is 0.267. The molecule has 0 radical (unpaired) electrons. The van der Waals surface area contributed by atoms with Crippen LogP contribution in [0.4, 0.5) is 5.95 Å². The fourth-order valence-corrected chi connectivity index (χ4v) is 2.53. The van der Waals surface area contributed by atoms with Gasteiger partial charge in [0.15, 0.2) is 0 Å². The first-order chi connectivity index (χ1) is 9.36. The van der Waals surface area contributed by atoms with Crippen LogP contribution in [0.2, 0.25) is 5.15 Å². The molecule has 0 unspecified atom stereocenters. The van der Waals surface area contributed by atoms with Gasteiger partial charge in [0.25, 0.3) is 5.91 Å². The molecule has 0 spiro atoms. The third-order valence-electron chi connectivity index (χ3n) is 2.95. The Morgan fingerprint density at radius 1 is 1.05 bits per heavy atom. The van der Waals surface area contributed by atoms with Gasteiger partial charge in [-0.2, -0.15) is 0 Å². The summed E-state index contributed by atoms with van der Waals surface area (Å²) >= 11 is 5.86. The molecule has 1 aromatic carbocycles. The predicted octanol–water partition coefficient (Wildman–Crippen LogP) is 3.62. The number of carbonyl (C=O) groups is 1. The minimum atomic E-state index is -0.221. The molecule has 0 aliphatic carbocycles. The van der Waals surface area contributed by atoms with E-state index in [1.54, 1.807) is 13.0 Å². The Balaban J connectivity index is 2.33. The Kier molecular flexibility index (Phi) is 4.04.